The van der Waals surface area contributed by atoms with E-state index < -0.39 is 0 Å². The third-order valence-corrected chi connectivity index (χ3v) is 5.05. The number of carbonyl (C=O) groups is 1. The van der Waals surface area contributed by atoms with E-state index in [1.807, 2.05) is 22.7 Å². The first-order chi connectivity index (χ1) is 8.58. The van der Waals surface area contributed by atoms with Crippen LogP contribution in [0.4, 0.5) is 0 Å². The van der Waals surface area contributed by atoms with Crippen molar-refractivity contribution in [3.05, 3.63) is 28.5 Å². The maximum Gasteiger partial charge on any atom is 0.255 e. The highest BCUT2D eigenvalue weighted by atomic mass is 79.9. The van der Waals surface area contributed by atoms with Crippen molar-refractivity contribution in [1.82, 2.24) is 9.88 Å². The number of carbonyl (C=O) groups excluding carboxylic acids is 1. The second kappa shape index (κ2) is 6.06. The van der Waals surface area contributed by atoms with Gasteiger partial charge in [-0.3, -0.25) is 9.78 Å². The van der Waals surface area contributed by atoms with Gasteiger partial charge in [0.25, 0.3) is 5.91 Å². The molecule has 2 heterocycles. The molecule has 0 aliphatic carbocycles. The molecule has 1 aliphatic rings. The first kappa shape index (κ1) is 13.9. The fourth-order valence-electron chi connectivity index (χ4n) is 1.97. The Morgan fingerprint density at radius 2 is 2.33 bits per heavy atom. The normalized spacial score (nSPS) is 20.2. The van der Waals surface area contributed by atoms with Gasteiger partial charge in [0.2, 0.25) is 0 Å². The highest BCUT2D eigenvalue weighted by molar-refractivity contribution is 9.10. The Morgan fingerprint density at radius 1 is 1.56 bits per heavy atom. The fourth-order valence-corrected chi connectivity index (χ4v) is 3.64. The lowest BCUT2D eigenvalue weighted by atomic mass is 10.1. The summed E-state index contributed by atoms with van der Waals surface area (Å²) < 4.78 is 0.847. The van der Waals surface area contributed by atoms with Gasteiger partial charge in [-0.15, -0.1) is 0 Å². The molecule has 1 saturated heterocycles. The molecule has 18 heavy (non-hydrogen) atoms. The molecule has 1 fully saturated rings. The van der Waals surface area contributed by atoms with Crippen molar-refractivity contribution < 1.29 is 4.79 Å². The molecular weight excluding hydrogens is 312 g/mol. The topological polar surface area (TPSA) is 33.2 Å². The maximum atomic E-state index is 12.4. The molecule has 0 spiro atoms. The van der Waals surface area contributed by atoms with E-state index in [-0.39, 0.29) is 5.91 Å². The fraction of sp³-hybridized carbons (Fsp3) is 0.538. The Kier molecular flexibility index (Phi) is 4.67. The summed E-state index contributed by atoms with van der Waals surface area (Å²) in [5.74, 6) is 1.72. The minimum Gasteiger partial charge on any atom is -0.337 e. The van der Waals surface area contributed by atoms with Gasteiger partial charge in [-0.1, -0.05) is 13.8 Å². The van der Waals surface area contributed by atoms with Gasteiger partial charge in [-0.25, -0.2) is 0 Å². The summed E-state index contributed by atoms with van der Waals surface area (Å²) in [5.41, 5.74) is 0.666. The largest absolute Gasteiger partial charge is 0.337 e. The van der Waals surface area contributed by atoms with Gasteiger partial charge in [0.1, 0.15) is 0 Å². The van der Waals surface area contributed by atoms with E-state index >= 15 is 0 Å². The van der Waals surface area contributed by atoms with Gasteiger partial charge >= 0.3 is 0 Å². The van der Waals surface area contributed by atoms with E-state index in [0.717, 1.165) is 23.3 Å². The molecule has 0 aromatic carbocycles. The number of rotatable bonds is 2. The number of aromatic nitrogens is 1. The van der Waals surface area contributed by atoms with Gasteiger partial charge in [0.15, 0.2) is 0 Å². The van der Waals surface area contributed by atoms with E-state index in [0.29, 0.717) is 16.7 Å². The molecule has 0 radical (unpaired) electrons. The molecule has 1 amide bonds. The Labute approximate surface area is 120 Å². The second-order valence-electron chi connectivity index (χ2n) is 4.80. The molecule has 0 saturated carbocycles. The van der Waals surface area contributed by atoms with Crippen LogP contribution in [0.1, 0.15) is 24.2 Å². The van der Waals surface area contributed by atoms with Crippen LogP contribution in [0, 0.1) is 5.92 Å². The highest BCUT2D eigenvalue weighted by Gasteiger charge is 2.26. The van der Waals surface area contributed by atoms with Crippen molar-refractivity contribution >= 4 is 33.6 Å². The van der Waals surface area contributed by atoms with Crippen molar-refractivity contribution in [2.24, 2.45) is 5.92 Å². The quantitative estimate of drug-likeness (QED) is 0.836. The number of amides is 1. The Morgan fingerprint density at radius 3 is 3.00 bits per heavy atom. The first-order valence-corrected chi connectivity index (χ1v) is 7.93. The number of nitrogens with zero attached hydrogens (tertiary/aromatic N) is 2. The molecule has 0 bridgehead atoms. The summed E-state index contributed by atoms with van der Waals surface area (Å²) in [4.78, 5) is 18.4. The Bertz CT molecular complexity index is 439. The Hall–Kier alpha value is -0.550. The summed E-state index contributed by atoms with van der Waals surface area (Å²) in [5, 5.41) is 0.544. The lowest BCUT2D eigenvalue weighted by Gasteiger charge is -2.34. The van der Waals surface area contributed by atoms with E-state index in [1.165, 1.54) is 0 Å². The van der Waals surface area contributed by atoms with Crippen molar-refractivity contribution in [3.63, 3.8) is 0 Å². The van der Waals surface area contributed by atoms with Crippen LogP contribution in [0.5, 0.6) is 0 Å². The number of hydrogen-bond acceptors (Lipinski definition) is 3. The third kappa shape index (κ3) is 3.26. The highest BCUT2D eigenvalue weighted by Crippen LogP contribution is 2.26. The van der Waals surface area contributed by atoms with E-state index in [2.05, 4.69) is 34.8 Å². The summed E-state index contributed by atoms with van der Waals surface area (Å²) in [7, 11) is 0. The van der Waals surface area contributed by atoms with Gasteiger partial charge in [-0.2, -0.15) is 11.8 Å². The summed E-state index contributed by atoms with van der Waals surface area (Å²) in [6.07, 6.45) is 3.33. The minimum absolute atomic E-state index is 0.0924. The van der Waals surface area contributed by atoms with Gasteiger partial charge < -0.3 is 4.90 Å². The van der Waals surface area contributed by atoms with Crippen molar-refractivity contribution in [2.75, 3.05) is 18.8 Å². The molecule has 1 atom stereocenters. The van der Waals surface area contributed by atoms with Crippen LogP contribution < -0.4 is 0 Å². The lowest BCUT2D eigenvalue weighted by Crippen LogP contribution is -2.43. The predicted molar refractivity (Wildman–Crippen MR) is 78.9 cm³/mol. The Balaban J connectivity index is 2.09. The maximum absolute atomic E-state index is 12.4. The molecule has 1 aromatic rings. The third-order valence-electron chi connectivity index (χ3n) is 3.08. The summed E-state index contributed by atoms with van der Waals surface area (Å²) >= 11 is 5.32. The molecule has 0 N–H and O–H groups in total. The van der Waals surface area contributed by atoms with Gasteiger partial charge in [0.05, 0.1) is 5.56 Å². The molecular formula is C13H17BrN2OS. The van der Waals surface area contributed by atoms with Gasteiger partial charge in [0, 0.05) is 41.0 Å². The van der Waals surface area contributed by atoms with Crippen LogP contribution in [0.25, 0.3) is 0 Å². The second-order valence-corrected chi connectivity index (χ2v) is 7.06. The zero-order valence-corrected chi connectivity index (χ0v) is 13.0. The first-order valence-electron chi connectivity index (χ1n) is 6.09. The zero-order valence-electron chi connectivity index (χ0n) is 10.6. The standard InChI is InChI=1S/C13H17BrN2OS/c1-9(2)12-8-16(3-4-18-12)13(17)10-5-11(14)7-15-6-10/h5-7,9,12H,3-4,8H2,1-2H3. The number of pyridine rings is 1. The summed E-state index contributed by atoms with van der Waals surface area (Å²) in [6, 6.07) is 1.83. The lowest BCUT2D eigenvalue weighted by molar-refractivity contribution is 0.0755. The van der Waals surface area contributed by atoms with Crippen LogP contribution in [0.15, 0.2) is 22.9 Å². The van der Waals surface area contributed by atoms with Crippen LogP contribution in [0.3, 0.4) is 0 Å². The van der Waals surface area contributed by atoms with Gasteiger partial charge in [-0.05, 0) is 27.9 Å². The number of thioether (sulfide) groups is 1. The number of hydrogen-bond donors (Lipinski definition) is 0. The summed E-state index contributed by atoms with van der Waals surface area (Å²) in [6.45, 7) is 6.10. The van der Waals surface area contributed by atoms with E-state index in [1.54, 1.807) is 12.4 Å². The van der Waals surface area contributed by atoms with Crippen molar-refractivity contribution in [1.29, 1.82) is 0 Å². The average Bonchev–Trinajstić information content (AvgIpc) is 2.38. The molecule has 1 aromatic heterocycles. The predicted octanol–water partition coefficient (Wildman–Crippen LogP) is 3.06. The molecule has 5 heteroatoms. The molecule has 98 valence electrons. The van der Waals surface area contributed by atoms with E-state index in [4.69, 9.17) is 0 Å². The van der Waals surface area contributed by atoms with Crippen molar-refractivity contribution in [2.45, 2.75) is 19.1 Å². The van der Waals surface area contributed by atoms with Crippen molar-refractivity contribution in [3.8, 4) is 0 Å². The smallest absolute Gasteiger partial charge is 0.255 e. The van der Waals surface area contributed by atoms with Crippen LogP contribution in [-0.4, -0.2) is 39.9 Å². The molecule has 1 aliphatic heterocycles. The molecule has 3 nitrogen and oxygen atoms in total. The zero-order chi connectivity index (χ0) is 13.1. The monoisotopic (exact) mass is 328 g/mol. The van der Waals surface area contributed by atoms with Crippen LogP contribution in [-0.2, 0) is 0 Å². The van der Waals surface area contributed by atoms with Crippen LogP contribution in [0.2, 0.25) is 0 Å². The average molecular weight is 329 g/mol. The SMILES string of the molecule is CC(C)C1CN(C(=O)c2cncc(Br)c2)CCS1. The van der Waals surface area contributed by atoms with Crippen LogP contribution >= 0.6 is 27.7 Å². The molecule has 2 rings (SSSR count). The minimum atomic E-state index is 0.0924. The van der Waals surface area contributed by atoms with E-state index in [9.17, 15) is 4.79 Å². The molecule has 1 unspecified atom stereocenters. The number of halogens is 1.